The first-order chi connectivity index (χ1) is 13.0. The molecule has 0 aliphatic heterocycles. The molecule has 6 nitrogen and oxygen atoms in total. The third kappa shape index (κ3) is 4.12. The molecule has 0 bridgehead atoms. The summed E-state index contributed by atoms with van der Waals surface area (Å²) in [6.45, 7) is 0. The summed E-state index contributed by atoms with van der Waals surface area (Å²) in [4.78, 5) is 20.9. The van der Waals surface area contributed by atoms with E-state index in [1.807, 2.05) is 0 Å². The molecule has 0 saturated heterocycles. The van der Waals surface area contributed by atoms with Crippen molar-refractivity contribution in [2.24, 2.45) is 0 Å². The molecule has 4 rings (SSSR count). The number of pyridine rings is 2. The van der Waals surface area contributed by atoms with Crippen LogP contribution in [-0.2, 0) is 4.79 Å². The quantitative estimate of drug-likeness (QED) is 0.297. The monoisotopic (exact) mass is 515 g/mol. The minimum atomic E-state index is -0.508. The summed E-state index contributed by atoms with van der Waals surface area (Å²) in [6, 6.07) is 3.05. The molecule has 1 N–H and O–H groups in total. The van der Waals surface area contributed by atoms with Crippen molar-refractivity contribution in [2.45, 2.75) is 18.8 Å². The Labute approximate surface area is 173 Å². The van der Waals surface area contributed by atoms with Gasteiger partial charge in [0.15, 0.2) is 5.65 Å². The van der Waals surface area contributed by atoms with E-state index < -0.39 is 11.7 Å². The molecule has 1 saturated carbocycles. The van der Waals surface area contributed by atoms with E-state index in [1.165, 1.54) is 18.2 Å². The fourth-order valence-electron chi connectivity index (χ4n) is 2.69. The van der Waals surface area contributed by atoms with Crippen LogP contribution >= 0.6 is 40.0 Å². The van der Waals surface area contributed by atoms with Crippen LogP contribution in [0.15, 0.2) is 30.6 Å². The van der Waals surface area contributed by atoms with Crippen molar-refractivity contribution in [1.29, 1.82) is 0 Å². The van der Waals surface area contributed by atoms with E-state index in [9.17, 15) is 9.18 Å². The molecule has 1 aliphatic carbocycles. The van der Waals surface area contributed by atoms with Crippen molar-refractivity contribution in [3.05, 3.63) is 52.8 Å². The van der Waals surface area contributed by atoms with Crippen molar-refractivity contribution >= 4 is 68.7 Å². The first-order valence-electron chi connectivity index (χ1n) is 8.10. The van der Waals surface area contributed by atoms with Gasteiger partial charge in [-0.2, -0.15) is 5.10 Å². The molecule has 27 heavy (non-hydrogen) atoms. The average Bonchev–Trinajstić information content (AvgIpc) is 3.40. The molecular formula is C17H13ClFIN5OP. The third-order valence-electron chi connectivity index (χ3n) is 4.10. The molecule has 1 fully saturated rings. The number of fused-ring (bicyclic) bond motifs is 1. The zero-order valence-corrected chi connectivity index (χ0v) is 17.7. The van der Waals surface area contributed by atoms with E-state index in [1.54, 1.807) is 22.9 Å². The van der Waals surface area contributed by atoms with E-state index in [4.69, 9.17) is 11.6 Å². The van der Waals surface area contributed by atoms with E-state index in [0.717, 1.165) is 18.5 Å². The molecule has 1 unspecified atom stereocenters. The first kappa shape index (κ1) is 18.7. The number of hydrogen-bond donors (Lipinski definition) is 1. The van der Waals surface area contributed by atoms with Crippen LogP contribution in [0.4, 0.5) is 10.1 Å². The predicted octanol–water partition coefficient (Wildman–Crippen LogP) is 4.94. The van der Waals surface area contributed by atoms with E-state index >= 15 is 0 Å². The van der Waals surface area contributed by atoms with Gasteiger partial charge in [-0.05, 0) is 53.1 Å². The lowest BCUT2D eigenvalue weighted by molar-refractivity contribution is -0.111. The molecule has 1 amide bonds. The number of hydrogen-bond acceptors (Lipinski definition) is 4. The fraction of sp³-hybridized carbons (Fsp3) is 0.176. The number of rotatable bonds is 5. The highest BCUT2D eigenvalue weighted by Crippen LogP contribution is 2.42. The summed E-state index contributed by atoms with van der Waals surface area (Å²) in [5.74, 6) is -0.546. The maximum absolute atomic E-state index is 14.2. The molecule has 3 aromatic heterocycles. The molecule has 0 spiro atoms. The molecule has 0 radical (unpaired) electrons. The van der Waals surface area contributed by atoms with Gasteiger partial charge in [0, 0.05) is 23.6 Å². The van der Waals surface area contributed by atoms with Gasteiger partial charge in [0.2, 0.25) is 5.91 Å². The topological polar surface area (TPSA) is 72.7 Å². The van der Waals surface area contributed by atoms with Gasteiger partial charge in [-0.1, -0.05) is 11.6 Å². The molecule has 0 aromatic carbocycles. The largest absolute Gasteiger partial charge is 0.321 e. The molecular weight excluding hydrogens is 503 g/mol. The van der Waals surface area contributed by atoms with Gasteiger partial charge in [-0.15, -0.1) is 0 Å². The number of halogens is 3. The van der Waals surface area contributed by atoms with Crippen LogP contribution in [0.2, 0.25) is 5.02 Å². The Kier molecular flexibility index (Phi) is 5.39. The summed E-state index contributed by atoms with van der Waals surface area (Å²) >= 11 is 8.17. The SMILES string of the molecule is O=C(/C=C/c1nc2c(cnn2PI)cc1F)Nc1cc(Cl)cnc1C1CC1. The summed E-state index contributed by atoms with van der Waals surface area (Å²) in [5, 5.41) is 8.01. The van der Waals surface area contributed by atoms with Crippen molar-refractivity contribution in [3.63, 3.8) is 0 Å². The Morgan fingerprint density at radius 2 is 2.22 bits per heavy atom. The summed E-state index contributed by atoms with van der Waals surface area (Å²) in [5.41, 5.74) is 2.09. The van der Waals surface area contributed by atoms with E-state index in [-0.39, 0.29) is 5.69 Å². The smallest absolute Gasteiger partial charge is 0.248 e. The summed E-state index contributed by atoms with van der Waals surface area (Å²) in [6.07, 6.45) is 8.20. The Balaban J connectivity index is 1.56. The lowest BCUT2D eigenvalue weighted by Gasteiger charge is -2.08. The molecule has 3 aromatic rings. The van der Waals surface area contributed by atoms with Gasteiger partial charge in [0.25, 0.3) is 0 Å². The predicted molar refractivity (Wildman–Crippen MR) is 114 cm³/mol. The molecule has 3 heterocycles. The maximum atomic E-state index is 14.2. The van der Waals surface area contributed by atoms with Gasteiger partial charge < -0.3 is 5.32 Å². The second-order valence-electron chi connectivity index (χ2n) is 6.09. The molecule has 1 atom stereocenters. The minimum absolute atomic E-state index is 0.0840. The van der Waals surface area contributed by atoms with Crippen molar-refractivity contribution in [1.82, 2.24) is 19.5 Å². The Morgan fingerprint density at radius 3 is 2.96 bits per heavy atom. The first-order valence-corrected chi connectivity index (χ1v) is 12.5. The lowest BCUT2D eigenvalue weighted by atomic mass is 10.2. The Bertz CT molecular complexity index is 1070. The van der Waals surface area contributed by atoms with Gasteiger partial charge in [0.1, 0.15) is 11.5 Å². The van der Waals surface area contributed by atoms with Crippen LogP contribution in [0, 0.1) is 5.82 Å². The average molecular weight is 516 g/mol. The standard InChI is InChI=1S/C17H13ClFIN5OP/c18-11-6-14(16(21-8-11)9-1-2-9)23-15(26)4-3-13-12(19)5-10-7-22-25(27-20)17(10)24-13/h3-9,27H,1-2H2,(H,23,26)/b4-3+. The molecule has 138 valence electrons. The van der Waals surface area contributed by atoms with Crippen LogP contribution < -0.4 is 5.32 Å². The number of nitrogens with zero attached hydrogens (tertiary/aromatic N) is 4. The number of carbonyl (C=O) groups excluding carboxylic acids is 1. The second kappa shape index (κ2) is 7.77. The highest BCUT2D eigenvalue weighted by atomic mass is 127. The number of carbonyl (C=O) groups is 1. The van der Waals surface area contributed by atoms with Crippen molar-refractivity contribution in [2.75, 3.05) is 5.32 Å². The summed E-state index contributed by atoms with van der Waals surface area (Å²) < 4.78 is 15.9. The van der Waals surface area contributed by atoms with Crippen LogP contribution in [0.5, 0.6) is 0 Å². The van der Waals surface area contributed by atoms with E-state index in [2.05, 4.69) is 42.4 Å². The Morgan fingerprint density at radius 1 is 1.41 bits per heavy atom. The van der Waals surface area contributed by atoms with Gasteiger partial charge in [-0.25, -0.2) is 13.8 Å². The number of aromatic nitrogens is 4. The van der Waals surface area contributed by atoms with Crippen LogP contribution in [0.1, 0.15) is 30.1 Å². The third-order valence-corrected chi connectivity index (χ3v) is 6.17. The van der Waals surface area contributed by atoms with Crippen LogP contribution in [0.25, 0.3) is 17.1 Å². The number of nitrogens with one attached hydrogen (secondary N) is 1. The zero-order chi connectivity index (χ0) is 19.0. The van der Waals surface area contributed by atoms with Gasteiger partial charge in [0.05, 0.1) is 29.0 Å². The number of amides is 1. The van der Waals surface area contributed by atoms with Gasteiger partial charge >= 0.3 is 0 Å². The number of anilines is 1. The fourth-order valence-corrected chi connectivity index (χ4v) is 4.26. The van der Waals surface area contributed by atoms with Gasteiger partial charge in [-0.3, -0.25) is 9.78 Å². The highest BCUT2D eigenvalue weighted by Gasteiger charge is 2.28. The van der Waals surface area contributed by atoms with Crippen LogP contribution in [0.3, 0.4) is 0 Å². The lowest BCUT2D eigenvalue weighted by Crippen LogP contribution is -2.10. The Hall–Kier alpha value is -1.64. The van der Waals surface area contributed by atoms with Crippen molar-refractivity contribution < 1.29 is 9.18 Å². The van der Waals surface area contributed by atoms with Crippen molar-refractivity contribution in [3.8, 4) is 0 Å². The normalized spacial score (nSPS) is 14.6. The summed E-state index contributed by atoms with van der Waals surface area (Å²) in [7, 11) is 0. The van der Waals surface area contributed by atoms with Crippen LogP contribution in [-0.4, -0.2) is 25.4 Å². The minimum Gasteiger partial charge on any atom is -0.321 e. The highest BCUT2D eigenvalue weighted by molar-refractivity contribution is 14.2. The zero-order valence-electron chi connectivity index (χ0n) is 13.8. The molecule has 1 aliphatic rings. The van der Waals surface area contributed by atoms with E-state index in [0.29, 0.717) is 34.0 Å². The maximum Gasteiger partial charge on any atom is 0.248 e. The second-order valence-corrected chi connectivity index (χ2v) is 8.57. The molecule has 10 heteroatoms.